The van der Waals surface area contributed by atoms with Gasteiger partial charge in [-0.1, -0.05) is 368 Å². The molecular formula is C95H177O25P. The number of rotatable bonds is 80. The molecule has 19 atom stereocenters. The Hall–Kier alpha value is -2.79. The van der Waals surface area contributed by atoms with Crippen LogP contribution in [-0.4, -0.2) is 205 Å². The molecule has 0 aromatic heterocycles. The van der Waals surface area contributed by atoms with Gasteiger partial charge in [-0.05, 0) is 57.3 Å². The SMILES string of the molecule is CCCCCC/C=C\CCCCCCCCCC(=O)OCC(COP(=O)(O)OC1C(OC2OC(CO)C(O)C(O)C2O)C(O)C(O)C(OC(=O)CCCCCCCCCCCCCCCCC)C1OC1OC(COC(=O)CCCCCCCCC(C)CCCCCCCC)C(O)C(O)C1O)OC(=O)CCCCCCCCCCCCCCCCCC. The van der Waals surface area contributed by atoms with Crippen LogP contribution in [0.2, 0.25) is 0 Å². The molecule has 2 heterocycles. The van der Waals surface area contributed by atoms with E-state index in [1.165, 1.54) is 193 Å². The predicted octanol–water partition coefficient (Wildman–Crippen LogP) is 19.0. The summed E-state index contributed by atoms with van der Waals surface area (Å²) in [6.07, 6.45) is 31.8. The van der Waals surface area contributed by atoms with E-state index in [4.69, 9.17) is 46.9 Å². The van der Waals surface area contributed by atoms with Crippen LogP contribution >= 0.6 is 7.82 Å². The second kappa shape index (κ2) is 73.0. The van der Waals surface area contributed by atoms with Gasteiger partial charge in [0.05, 0.1) is 13.2 Å². The summed E-state index contributed by atoms with van der Waals surface area (Å²) in [7, 11) is -5.81. The molecule has 25 nitrogen and oxygen atoms in total. The fourth-order valence-corrected chi connectivity index (χ4v) is 17.5. The minimum Gasteiger partial charge on any atom is -0.463 e. The van der Waals surface area contributed by atoms with Gasteiger partial charge in [0, 0.05) is 25.7 Å². The smallest absolute Gasteiger partial charge is 0.463 e. The number of carbonyl (C=O) groups is 4. The normalized spacial score (nSPS) is 24.9. The number of aliphatic hydroxyl groups is 9. The first-order valence-corrected chi connectivity index (χ1v) is 50.8. The molecule has 3 aliphatic rings. The van der Waals surface area contributed by atoms with Crippen LogP contribution < -0.4 is 0 Å². The Morgan fingerprint density at radius 2 is 0.669 bits per heavy atom. The number of carbonyl (C=O) groups excluding carboxylic acids is 4. The summed E-state index contributed by atoms with van der Waals surface area (Å²) in [5.74, 6) is -2.27. The van der Waals surface area contributed by atoms with Crippen molar-refractivity contribution in [1.82, 2.24) is 0 Å². The number of unbranched alkanes of at least 4 members (excludes halogenated alkanes) is 50. The molecule has 0 radical (unpaired) electrons. The lowest BCUT2D eigenvalue weighted by Gasteiger charge is -2.50. The van der Waals surface area contributed by atoms with Gasteiger partial charge in [0.25, 0.3) is 0 Å². The van der Waals surface area contributed by atoms with Crippen LogP contribution in [0, 0.1) is 5.92 Å². The van der Waals surface area contributed by atoms with E-state index >= 15 is 0 Å². The Morgan fingerprint density at radius 3 is 1.07 bits per heavy atom. The van der Waals surface area contributed by atoms with Gasteiger partial charge < -0.3 is 88.7 Å². The number of aliphatic hydroxyl groups excluding tert-OH is 9. The summed E-state index contributed by atoms with van der Waals surface area (Å²) in [6.45, 7) is 7.96. The molecule has 2 saturated heterocycles. The predicted molar refractivity (Wildman–Crippen MR) is 472 cm³/mol. The maximum absolute atomic E-state index is 14.9. The van der Waals surface area contributed by atoms with Gasteiger partial charge in [-0.2, -0.15) is 0 Å². The number of esters is 4. The number of phosphoric ester groups is 1. The molecule has 1 saturated carbocycles. The van der Waals surface area contributed by atoms with Crippen molar-refractivity contribution in [3.63, 3.8) is 0 Å². The van der Waals surface area contributed by atoms with E-state index in [9.17, 15) is 74.6 Å². The molecule has 3 rings (SSSR count). The van der Waals surface area contributed by atoms with Crippen molar-refractivity contribution in [2.24, 2.45) is 5.92 Å². The summed E-state index contributed by atoms with van der Waals surface area (Å²) >= 11 is 0. The zero-order valence-corrected chi connectivity index (χ0v) is 77.2. The first-order valence-electron chi connectivity index (χ1n) is 49.3. The van der Waals surface area contributed by atoms with Crippen molar-refractivity contribution in [2.75, 3.05) is 26.4 Å². The number of allylic oxidation sites excluding steroid dienone is 2. The van der Waals surface area contributed by atoms with Crippen LogP contribution in [0.3, 0.4) is 0 Å². The van der Waals surface area contributed by atoms with Crippen molar-refractivity contribution < 1.29 is 122 Å². The summed E-state index contributed by atoms with van der Waals surface area (Å²) < 4.78 is 73.6. The van der Waals surface area contributed by atoms with Crippen molar-refractivity contribution in [2.45, 2.75) is 537 Å². The van der Waals surface area contributed by atoms with Crippen molar-refractivity contribution >= 4 is 31.7 Å². The Balaban J connectivity index is 1.91. The lowest BCUT2D eigenvalue weighted by molar-refractivity contribution is -0.360. The van der Waals surface area contributed by atoms with E-state index in [2.05, 4.69) is 46.8 Å². The number of hydrogen-bond acceptors (Lipinski definition) is 24. The quantitative estimate of drug-likeness (QED) is 0.00889. The number of phosphoric acid groups is 1. The van der Waals surface area contributed by atoms with Gasteiger partial charge in [-0.15, -0.1) is 0 Å². The maximum atomic E-state index is 14.9. The molecule has 10 N–H and O–H groups in total. The van der Waals surface area contributed by atoms with Crippen LogP contribution in [0.4, 0.5) is 0 Å². The van der Waals surface area contributed by atoms with E-state index in [-0.39, 0.29) is 25.7 Å². The number of hydrogen-bond donors (Lipinski definition) is 10. The summed E-state index contributed by atoms with van der Waals surface area (Å²) in [6, 6.07) is 0. The highest BCUT2D eigenvalue weighted by molar-refractivity contribution is 7.47. The Morgan fingerprint density at radius 1 is 0.347 bits per heavy atom. The van der Waals surface area contributed by atoms with E-state index in [1.54, 1.807) is 0 Å². The summed E-state index contributed by atoms with van der Waals surface area (Å²) in [5, 5.41) is 103. The van der Waals surface area contributed by atoms with Crippen LogP contribution in [0.15, 0.2) is 12.2 Å². The Labute approximate surface area is 731 Å². The molecule has 0 amide bonds. The average molecular weight is 1750 g/mol. The molecule has 2 aliphatic heterocycles. The van der Waals surface area contributed by atoms with Gasteiger partial charge in [-0.3, -0.25) is 28.2 Å². The van der Waals surface area contributed by atoms with Gasteiger partial charge >= 0.3 is 31.7 Å². The largest absolute Gasteiger partial charge is 0.472 e. The lowest BCUT2D eigenvalue weighted by atomic mass is 9.84. The van der Waals surface area contributed by atoms with Crippen molar-refractivity contribution in [3.05, 3.63) is 12.2 Å². The fourth-order valence-electron chi connectivity index (χ4n) is 16.5. The first kappa shape index (κ1) is 112. The second-order valence-electron chi connectivity index (χ2n) is 35.6. The highest BCUT2D eigenvalue weighted by atomic mass is 31.2. The van der Waals surface area contributed by atoms with Crippen molar-refractivity contribution in [3.8, 4) is 0 Å². The third-order valence-electron chi connectivity index (χ3n) is 24.4. The van der Waals surface area contributed by atoms with Crippen LogP contribution in [0.25, 0.3) is 0 Å². The minimum absolute atomic E-state index is 0.0162. The van der Waals surface area contributed by atoms with Crippen LogP contribution in [-0.2, 0) is 70.7 Å². The minimum atomic E-state index is -5.81. The molecule has 0 spiro atoms. The molecule has 3 fully saturated rings. The lowest BCUT2D eigenvalue weighted by Crippen LogP contribution is -2.70. The molecule has 26 heteroatoms. The fraction of sp³-hybridized carbons (Fsp3) is 0.937. The monoisotopic (exact) mass is 1750 g/mol. The molecule has 19 unspecified atom stereocenters. The van der Waals surface area contributed by atoms with E-state index in [0.717, 1.165) is 148 Å². The van der Waals surface area contributed by atoms with Crippen LogP contribution in [0.5, 0.6) is 0 Å². The second-order valence-corrected chi connectivity index (χ2v) is 37.0. The maximum Gasteiger partial charge on any atom is 0.472 e. The van der Waals surface area contributed by atoms with Gasteiger partial charge in [0.2, 0.25) is 0 Å². The molecule has 1 aliphatic carbocycles. The molecule has 0 aromatic carbocycles. The zero-order valence-electron chi connectivity index (χ0n) is 76.3. The van der Waals surface area contributed by atoms with Gasteiger partial charge in [0.1, 0.15) is 92.6 Å². The van der Waals surface area contributed by atoms with Crippen LogP contribution in [0.1, 0.15) is 433 Å². The molecular weight excluding hydrogens is 1570 g/mol. The molecule has 121 heavy (non-hydrogen) atoms. The standard InChI is InChI=1S/C95H177O25P/c1-6-10-14-18-22-25-28-31-34-37-40-42-45-48-56-62-68-80(99)114-75(71-111-78(97)66-60-54-47-44-41-38-35-32-29-26-23-19-15-11-7-2)72-113-121(109,110)120-93-91(118-94-88(107)84(103)82(101)76(70-96)115-94)87(106)86(105)90(117-81(100)69-63-57-49-46-43-39-36-33-30-27-24-20-16-12-8-3)92(93)119-95-89(108)85(104)83(102)77(116-95)73-112-79(98)67-61-55-51-50-53-59-65-74(5)64-58-52-21-17-13-9-4/h26,29,74-77,82-96,101-108H,6-25,27-28,30-73H2,1-5H3,(H,109,110)/b29-26-. The first-order chi connectivity index (χ1) is 58.6. The molecule has 0 bridgehead atoms. The van der Waals surface area contributed by atoms with E-state index in [1.807, 2.05) is 0 Å². The van der Waals surface area contributed by atoms with Crippen molar-refractivity contribution in [1.29, 1.82) is 0 Å². The zero-order chi connectivity index (χ0) is 88.4. The highest BCUT2D eigenvalue weighted by Gasteiger charge is 2.60. The Bertz CT molecular complexity index is 2570. The average Bonchev–Trinajstić information content (AvgIpc) is 0.754. The Kier molecular flexibility index (Phi) is 67.8. The summed E-state index contributed by atoms with van der Waals surface area (Å²) in [4.78, 5) is 66.7. The van der Waals surface area contributed by atoms with Gasteiger partial charge in [-0.25, -0.2) is 4.57 Å². The molecule has 0 aromatic rings. The third kappa shape index (κ3) is 53.1. The van der Waals surface area contributed by atoms with E-state index < -0.39 is 162 Å². The van der Waals surface area contributed by atoms with E-state index in [0.29, 0.717) is 38.0 Å². The topological polar surface area (TPSA) is 380 Å². The van der Waals surface area contributed by atoms with Gasteiger partial charge in [0.15, 0.2) is 24.8 Å². The molecule has 712 valence electrons. The number of ether oxygens (including phenoxy) is 8. The third-order valence-corrected chi connectivity index (χ3v) is 25.4. The summed E-state index contributed by atoms with van der Waals surface area (Å²) in [5.41, 5.74) is 0. The highest BCUT2D eigenvalue weighted by Crippen LogP contribution is 2.49.